The Hall–Kier alpha value is -2.43. The van der Waals surface area contributed by atoms with Crippen molar-refractivity contribution < 1.29 is 22.7 Å². The van der Waals surface area contributed by atoms with E-state index in [1.165, 1.54) is 27.8 Å². The predicted octanol–water partition coefficient (Wildman–Crippen LogP) is 2.31. The Morgan fingerprint density at radius 1 is 1.23 bits per heavy atom. The first-order valence-corrected chi connectivity index (χ1v) is 12.1. The molecule has 0 radical (unpaired) electrons. The summed E-state index contributed by atoms with van der Waals surface area (Å²) in [7, 11) is -3.75. The Morgan fingerprint density at radius 3 is 2.60 bits per heavy atom. The van der Waals surface area contributed by atoms with Crippen LogP contribution in [0, 0.1) is 6.92 Å². The molecule has 1 aromatic heterocycles. The third kappa shape index (κ3) is 3.70. The first-order chi connectivity index (χ1) is 14.3. The van der Waals surface area contributed by atoms with Gasteiger partial charge in [0, 0.05) is 26.2 Å². The summed E-state index contributed by atoms with van der Waals surface area (Å²) in [6.07, 6.45) is -0.0446. The van der Waals surface area contributed by atoms with E-state index in [4.69, 9.17) is 4.74 Å². The Labute approximate surface area is 179 Å². The monoisotopic (exact) mass is 449 g/mol. The van der Waals surface area contributed by atoms with Crippen LogP contribution in [-0.4, -0.2) is 61.7 Å². The van der Waals surface area contributed by atoms with Gasteiger partial charge < -0.3 is 15.0 Å². The fraction of sp³-hybridized carbons (Fsp3) is 0.400. The number of hydrogen-bond donors (Lipinski definition) is 1. The standard InChI is InChI=1S/C20H23N3O5S2/c1-3-16-19(24)21-15-12-14(4-5-17(15)28-16)30(26,27)23-9-7-22(8-10-23)20(25)18-13(2)6-11-29-18/h4-6,11-12,16H,3,7-10H2,1-2H3,(H,21,24)/t16-/m0/s1. The van der Waals surface area contributed by atoms with Crippen LogP contribution in [0.1, 0.15) is 28.6 Å². The minimum atomic E-state index is -3.75. The molecule has 1 N–H and O–H groups in total. The van der Waals surface area contributed by atoms with Gasteiger partial charge in [-0.3, -0.25) is 9.59 Å². The molecule has 2 aliphatic rings. The molecule has 1 fully saturated rings. The number of sulfonamides is 1. The SMILES string of the molecule is CC[C@@H]1Oc2ccc(S(=O)(=O)N3CCN(C(=O)c4sccc4C)CC3)cc2NC1=O. The maximum Gasteiger partial charge on any atom is 0.265 e. The molecular weight excluding hydrogens is 426 g/mol. The van der Waals surface area contributed by atoms with E-state index in [1.807, 2.05) is 25.3 Å². The van der Waals surface area contributed by atoms with Gasteiger partial charge in [-0.15, -0.1) is 11.3 Å². The van der Waals surface area contributed by atoms with Gasteiger partial charge in [-0.25, -0.2) is 8.42 Å². The number of ether oxygens (including phenoxy) is 1. The molecule has 1 atom stereocenters. The van der Waals surface area contributed by atoms with Crippen LogP contribution < -0.4 is 10.1 Å². The van der Waals surface area contributed by atoms with Crippen molar-refractivity contribution in [1.82, 2.24) is 9.21 Å². The van der Waals surface area contributed by atoms with E-state index < -0.39 is 16.1 Å². The third-order valence-electron chi connectivity index (χ3n) is 5.36. The predicted molar refractivity (Wildman–Crippen MR) is 113 cm³/mol. The zero-order valence-electron chi connectivity index (χ0n) is 16.8. The number of rotatable bonds is 4. The van der Waals surface area contributed by atoms with Crippen LogP contribution >= 0.6 is 11.3 Å². The summed E-state index contributed by atoms with van der Waals surface area (Å²) < 4.78 is 33.2. The van der Waals surface area contributed by atoms with E-state index in [1.54, 1.807) is 11.0 Å². The maximum atomic E-state index is 13.1. The Kier molecular flexibility index (Phi) is 5.56. The third-order valence-corrected chi connectivity index (χ3v) is 8.26. The summed E-state index contributed by atoms with van der Waals surface area (Å²) in [6, 6.07) is 6.40. The first kappa shape index (κ1) is 20.8. The maximum absolute atomic E-state index is 13.1. The average molecular weight is 450 g/mol. The second kappa shape index (κ2) is 8.01. The zero-order valence-corrected chi connectivity index (χ0v) is 18.4. The van der Waals surface area contributed by atoms with Crippen molar-refractivity contribution in [3.8, 4) is 5.75 Å². The summed E-state index contributed by atoms with van der Waals surface area (Å²) in [4.78, 5) is 27.2. The van der Waals surface area contributed by atoms with Gasteiger partial charge in [0.1, 0.15) is 5.75 Å². The highest BCUT2D eigenvalue weighted by Crippen LogP contribution is 2.33. The number of hydrogen-bond acceptors (Lipinski definition) is 6. The van der Waals surface area contributed by atoms with Crippen LogP contribution in [0.25, 0.3) is 0 Å². The molecule has 2 amide bonds. The smallest absolute Gasteiger partial charge is 0.265 e. The molecular formula is C20H23N3O5S2. The van der Waals surface area contributed by atoms with Gasteiger partial charge in [-0.2, -0.15) is 4.31 Å². The van der Waals surface area contributed by atoms with Gasteiger partial charge in [0.15, 0.2) is 6.10 Å². The van der Waals surface area contributed by atoms with Crippen molar-refractivity contribution in [3.63, 3.8) is 0 Å². The van der Waals surface area contributed by atoms with Gasteiger partial charge in [0.2, 0.25) is 10.0 Å². The highest BCUT2D eigenvalue weighted by atomic mass is 32.2. The lowest BCUT2D eigenvalue weighted by atomic mass is 10.2. The molecule has 2 aromatic rings. The number of nitrogens with one attached hydrogen (secondary N) is 1. The highest BCUT2D eigenvalue weighted by Gasteiger charge is 2.33. The van der Waals surface area contributed by atoms with Crippen molar-refractivity contribution in [2.24, 2.45) is 0 Å². The van der Waals surface area contributed by atoms with Crippen LogP contribution in [0.15, 0.2) is 34.5 Å². The molecule has 1 saturated heterocycles. The molecule has 0 saturated carbocycles. The number of anilines is 1. The lowest BCUT2D eigenvalue weighted by molar-refractivity contribution is -0.123. The number of nitrogens with zero attached hydrogens (tertiary/aromatic N) is 2. The zero-order chi connectivity index (χ0) is 21.5. The normalized spacial score (nSPS) is 19.7. The number of amides is 2. The lowest BCUT2D eigenvalue weighted by Gasteiger charge is -2.34. The molecule has 8 nitrogen and oxygen atoms in total. The van der Waals surface area contributed by atoms with E-state index in [0.29, 0.717) is 35.8 Å². The lowest BCUT2D eigenvalue weighted by Crippen LogP contribution is -2.50. The number of fused-ring (bicyclic) bond motifs is 1. The van der Waals surface area contributed by atoms with E-state index in [9.17, 15) is 18.0 Å². The fourth-order valence-electron chi connectivity index (χ4n) is 3.57. The topological polar surface area (TPSA) is 96.0 Å². The van der Waals surface area contributed by atoms with Crippen molar-refractivity contribution in [2.75, 3.05) is 31.5 Å². The van der Waals surface area contributed by atoms with Crippen LogP contribution in [0.4, 0.5) is 5.69 Å². The minimum Gasteiger partial charge on any atom is -0.478 e. The molecule has 0 aliphatic carbocycles. The molecule has 1 aromatic carbocycles. The van der Waals surface area contributed by atoms with Gasteiger partial charge >= 0.3 is 0 Å². The van der Waals surface area contributed by atoms with Crippen LogP contribution in [0.2, 0.25) is 0 Å². The molecule has 30 heavy (non-hydrogen) atoms. The summed E-state index contributed by atoms with van der Waals surface area (Å²) in [5, 5.41) is 4.60. The molecule has 160 valence electrons. The van der Waals surface area contributed by atoms with Crippen molar-refractivity contribution in [1.29, 1.82) is 0 Å². The fourth-order valence-corrected chi connectivity index (χ4v) is 5.92. The minimum absolute atomic E-state index is 0.0568. The van der Waals surface area contributed by atoms with Gasteiger partial charge in [-0.05, 0) is 48.6 Å². The number of carbonyl (C=O) groups excluding carboxylic acids is 2. The summed E-state index contributed by atoms with van der Waals surface area (Å²) in [5.41, 5.74) is 1.29. The summed E-state index contributed by atoms with van der Waals surface area (Å²) >= 11 is 1.40. The number of benzene rings is 1. The van der Waals surface area contributed by atoms with Crippen LogP contribution in [0.3, 0.4) is 0 Å². The van der Waals surface area contributed by atoms with Crippen LogP contribution in [-0.2, 0) is 14.8 Å². The van der Waals surface area contributed by atoms with Crippen molar-refractivity contribution in [2.45, 2.75) is 31.3 Å². The molecule has 0 unspecified atom stereocenters. The molecule has 3 heterocycles. The van der Waals surface area contributed by atoms with Gasteiger partial charge in [-0.1, -0.05) is 6.92 Å². The number of thiophene rings is 1. The summed E-state index contributed by atoms with van der Waals surface area (Å²) in [5.74, 6) is 0.122. The first-order valence-electron chi connectivity index (χ1n) is 9.76. The average Bonchev–Trinajstić information content (AvgIpc) is 3.18. The molecule has 2 aliphatic heterocycles. The van der Waals surface area contributed by atoms with Crippen molar-refractivity contribution >= 4 is 38.9 Å². The van der Waals surface area contributed by atoms with Crippen LogP contribution in [0.5, 0.6) is 5.75 Å². The quantitative estimate of drug-likeness (QED) is 0.773. The molecule has 0 bridgehead atoms. The van der Waals surface area contributed by atoms with Gasteiger partial charge in [0.25, 0.3) is 11.8 Å². The largest absolute Gasteiger partial charge is 0.478 e. The van der Waals surface area contributed by atoms with Crippen molar-refractivity contribution in [3.05, 3.63) is 40.1 Å². The molecule has 4 rings (SSSR count). The van der Waals surface area contributed by atoms with E-state index in [2.05, 4.69) is 5.32 Å². The van der Waals surface area contributed by atoms with E-state index >= 15 is 0 Å². The molecule has 10 heteroatoms. The Bertz CT molecular complexity index is 1090. The second-order valence-electron chi connectivity index (χ2n) is 7.29. The Balaban J connectivity index is 1.48. The van der Waals surface area contributed by atoms with E-state index in [-0.39, 0.29) is 29.8 Å². The Morgan fingerprint density at radius 2 is 1.97 bits per heavy atom. The molecule has 0 spiro atoms. The summed E-state index contributed by atoms with van der Waals surface area (Å²) in [6.45, 7) is 4.84. The number of aryl methyl sites for hydroxylation is 1. The second-order valence-corrected chi connectivity index (χ2v) is 10.1. The number of carbonyl (C=O) groups is 2. The number of piperazine rings is 1. The highest BCUT2D eigenvalue weighted by molar-refractivity contribution is 7.89. The van der Waals surface area contributed by atoms with Gasteiger partial charge in [0.05, 0.1) is 15.5 Å². The van der Waals surface area contributed by atoms with E-state index in [0.717, 1.165) is 5.56 Å².